The Hall–Kier alpha value is -0.180. The molecule has 1 heterocycles. The minimum Gasteiger partial charge on any atom is -0.317 e. The highest BCUT2D eigenvalue weighted by Gasteiger charge is 2.33. The standard InChI is InChI=1S/C12H20F2.C6H13N.CH4/c13-11-6-10(7-12(14)8-11)9-4-2-1-3-5-9;1-6-2-4-7-5-3-6;/h9-12H,1-8H2;6-7H,2-5H2,1H3;1H4. The zero-order chi connectivity index (χ0) is 15.1. The first-order valence-corrected chi connectivity index (χ1v) is 9.14. The Morgan fingerprint density at radius 2 is 1.27 bits per heavy atom. The second kappa shape index (κ2) is 10.6. The van der Waals surface area contributed by atoms with Crippen LogP contribution in [0, 0.1) is 17.8 Å². The van der Waals surface area contributed by atoms with Gasteiger partial charge in [0.05, 0.1) is 0 Å². The molecule has 1 nitrogen and oxygen atoms in total. The highest BCUT2D eigenvalue weighted by atomic mass is 19.1. The molecule has 2 atom stereocenters. The molecule has 3 fully saturated rings. The van der Waals surface area contributed by atoms with Crippen LogP contribution in [0.2, 0.25) is 0 Å². The molecule has 1 aliphatic heterocycles. The fourth-order valence-electron chi connectivity index (χ4n) is 4.18. The van der Waals surface area contributed by atoms with E-state index in [1.54, 1.807) is 0 Å². The molecule has 0 bridgehead atoms. The molecular weight excluding hydrogens is 280 g/mol. The van der Waals surface area contributed by atoms with Crippen LogP contribution in [0.3, 0.4) is 0 Å². The van der Waals surface area contributed by atoms with Crippen molar-refractivity contribution in [2.45, 2.75) is 90.9 Å². The average molecular weight is 318 g/mol. The Morgan fingerprint density at radius 1 is 0.727 bits per heavy atom. The van der Waals surface area contributed by atoms with Crippen LogP contribution >= 0.6 is 0 Å². The molecule has 1 saturated heterocycles. The summed E-state index contributed by atoms with van der Waals surface area (Å²) in [5, 5.41) is 3.32. The lowest BCUT2D eigenvalue weighted by Gasteiger charge is -2.35. The molecule has 0 aromatic carbocycles. The SMILES string of the molecule is C.CC1CCNCC1.FC1CC(F)CC(C2CCCCC2)C1. The van der Waals surface area contributed by atoms with Gasteiger partial charge in [0.2, 0.25) is 0 Å². The van der Waals surface area contributed by atoms with Crippen molar-refractivity contribution >= 4 is 0 Å². The van der Waals surface area contributed by atoms with E-state index in [1.807, 2.05) is 0 Å². The van der Waals surface area contributed by atoms with E-state index >= 15 is 0 Å². The normalized spacial score (nSPS) is 34.2. The molecule has 0 aromatic rings. The lowest BCUT2D eigenvalue weighted by molar-refractivity contribution is 0.0743. The van der Waals surface area contributed by atoms with E-state index in [4.69, 9.17) is 0 Å². The van der Waals surface area contributed by atoms with Gasteiger partial charge in [-0.3, -0.25) is 0 Å². The van der Waals surface area contributed by atoms with Crippen LogP contribution in [-0.4, -0.2) is 25.4 Å². The Labute approximate surface area is 136 Å². The Balaban J connectivity index is 0.000000258. The summed E-state index contributed by atoms with van der Waals surface area (Å²) in [5.74, 6) is 1.94. The lowest BCUT2D eigenvalue weighted by atomic mass is 9.72. The summed E-state index contributed by atoms with van der Waals surface area (Å²) in [4.78, 5) is 0. The van der Waals surface area contributed by atoms with Crippen molar-refractivity contribution in [1.82, 2.24) is 5.32 Å². The minimum absolute atomic E-state index is 0. The summed E-state index contributed by atoms with van der Waals surface area (Å²) in [5.41, 5.74) is 0. The second-order valence-electron chi connectivity index (χ2n) is 7.49. The summed E-state index contributed by atoms with van der Waals surface area (Å²) < 4.78 is 26.4. The third-order valence-corrected chi connectivity index (χ3v) is 5.57. The van der Waals surface area contributed by atoms with Crippen LogP contribution in [0.15, 0.2) is 0 Å². The average Bonchev–Trinajstić information content (AvgIpc) is 2.49. The summed E-state index contributed by atoms with van der Waals surface area (Å²) in [7, 11) is 0. The van der Waals surface area contributed by atoms with Crippen LogP contribution in [0.4, 0.5) is 8.78 Å². The van der Waals surface area contributed by atoms with Gasteiger partial charge in [0.15, 0.2) is 0 Å². The van der Waals surface area contributed by atoms with Gasteiger partial charge < -0.3 is 5.32 Å². The Bertz CT molecular complexity index is 263. The van der Waals surface area contributed by atoms with Crippen molar-refractivity contribution in [3.05, 3.63) is 0 Å². The van der Waals surface area contributed by atoms with Crippen molar-refractivity contribution in [2.24, 2.45) is 17.8 Å². The van der Waals surface area contributed by atoms with Gasteiger partial charge in [-0.25, -0.2) is 8.78 Å². The van der Waals surface area contributed by atoms with E-state index in [-0.39, 0.29) is 13.8 Å². The van der Waals surface area contributed by atoms with Crippen molar-refractivity contribution in [3.8, 4) is 0 Å². The van der Waals surface area contributed by atoms with Crippen LogP contribution in [0.5, 0.6) is 0 Å². The van der Waals surface area contributed by atoms with E-state index in [0.29, 0.717) is 24.7 Å². The minimum atomic E-state index is -0.870. The maximum Gasteiger partial charge on any atom is 0.103 e. The first-order valence-electron chi connectivity index (χ1n) is 9.14. The maximum absolute atomic E-state index is 13.2. The highest BCUT2D eigenvalue weighted by Crippen LogP contribution is 2.39. The van der Waals surface area contributed by atoms with Crippen LogP contribution in [0.25, 0.3) is 0 Å². The van der Waals surface area contributed by atoms with Gasteiger partial charge in [0.1, 0.15) is 12.3 Å². The molecule has 0 radical (unpaired) electrons. The monoisotopic (exact) mass is 317 g/mol. The van der Waals surface area contributed by atoms with Gasteiger partial charge in [-0.15, -0.1) is 0 Å². The zero-order valence-corrected chi connectivity index (χ0v) is 13.6. The number of hydrogen-bond donors (Lipinski definition) is 1. The molecule has 3 heteroatoms. The number of rotatable bonds is 1. The van der Waals surface area contributed by atoms with E-state index in [2.05, 4.69) is 12.2 Å². The molecule has 0 amide bonds. The van der Waals surface area contributed by atoms with Crippen LogP contribution < -0.4 is 5.32 Å². The molecular formula is C19H37F2N. The molecule has 3 aliphatic rings. The van der Waals surface area contributed by atoms with Crippen molar-refractivity contribution < 1.29 is 8.78 Å². The fourth-order valence-corrected chi connectivity index (χ4v) is 4.18. The van der Waals surface area contributed by atoms with Gasteiger partial charge in [0.25, 0.3) is 0 Å². The predicted octanol–water partition coefficient (Wildman–Crippen LogP) is 5.69. The van der Waals surface area contributed by atoms with E-state index in [0.717, 1.165) is 5.92 Å². The zero-order valence-electron chi connectivity index (χ0n) is 13.6. The first kappa shape index (κ1) is 19.9. The molecule has 0 aromatic heterocycles. The molecule has 2 saturated carbocycles. The number of piperidine rings is 1. The summed E-state index contributed by atoms with van der Waals surface area (Å²) >= 11 is 0. The third kappa shape index (κ3) is 6.93. The smallest absolute Gasteiger partial charge is 0.103 e. The van der Waals surface area contributed by atoms with Gasteiger partial charge in [-0.1, -0.05) is 46.5 Å². The number of nitrogens with one attached hydrogen (secondary N) is 1. The van der Waals surface area contributed by atoms with E-state index in [9.17, 15) is 8.78 Å². The number of halogens is 2. The maximum atomic E-state index is 13.2. The van der Waals surface area contributed by atoms with Crippen LogP contribution in [0.1, 0.15) is 78.6 Å². The molecule has 3 rings (SSSR count). The summed E-state index contributed by atoms with van der Waals surface area (Å²) in [6, 6.07) is 0. The lowest BCUT2D eigenvalue weighted by Crippen LogP contribution is -2.30. The summed E-state index contributed by atoms with van der Waals surface area (Å²) in [6.07, 6.45) is 8.72. The van der Waals surface area contributed by atoms with Crippen LogP contribution in [-0.2, 0) is 0 Å². The highest BCUT2D eigenvalue weighted by molar-refractivity contribution is 4.84. The van der Waals surface area contributed by atoms with E-state index < -0.39 is 12.3 Å². The Kier molecular flexibility index (Phi) is 9.54. The fraction of sp³-hybridized carbons (Fsp3) is 1.00. The molecule has 2 aliphatic carbocycles. The molecule has 2 unspecified atom stereocenters. The molecule has 22 heavy (non-hydrogen) atoms. The Morgan fingerprint density at radius 3 is 1.73 bits per heavy atom. The quantitative estimate of drug-likeness (QED) is 0.655. The third-order valence-electron chi connectivity index (χ3n) is 5.57. The van der Waals surface area contributed by atoms with Gasteiger partial charge >= 0.3 is 0 Å². The predicted molar refractivity (Wildman–Crippen MR) is 91.7 cm³/mol. The molecule has 0 spiro atoms. The molecule has 132 valence electrons. The van der Waals surface area contributed by atoms with Gasteiger partial charge in [-0.2, -0.15) is 0 Å². The molecule has 1 N–H and O–H groups in total. The summed E-state index contributed by atoms with van der Waals surface area (Å²) in [6.45, 7) is 4.79. The first-order chi connectivity index (χ1) is 10.1. The van der Waals surface area contributed by atoms with Gasteiger partial charge in [0, 0.05) is 6.42 Å². The number of alkyl halides is 2. The van der Waals surface area contributed by atoms with E-state index in [1.165, 1.54) is 58.0 Å². The van der Waals surface area contributed by atoms with Crippen molar-refractivity contribution in [2.75, 3.05) is 13.1 Å². The van der Waals surface area contributed by atoms with Crippen molar-refractivity contribution in [3.63, 3.8) is 0 Å². The number of hydrogen-bond acceptors (Lipinski definition) is 1. The largest absolute Gasteiger partial charge is 0.317 e. The van der Waals surface area contributed by atoms with Gasteiger partial charge in [-0.05, 0) is 56.5 Å². The second-order valence-corrected chi connectivity index (χ2v) is 7.49. The van der Waals surface area contributed by atoms with Crippen molar-refractivity contribution in [1.29, 1.82) is 0 Å². The topological polar surface area (TPSA) is 12.0 Å².